The second-order valence-electron chi connectivity index (χ2n) is 2.33. The van der Waals surface area contributed by atoms with Crippen LogP contribution in [0.4, 0.5) is 0 Å². The number of carbonyl (C=O) groups excluding carboxylic acids is 1. The molecule has 0 N–H and O–H groups in total. The molecule has 1 heterocycles. The van der Waals surface area contributed by atoms with E-state index in [4.69, 9.17) is 4.42 Å². The molecule has 0 radical (unpaired) electrons. The number of carbonyl (C=O) groups is 1. The van der Waals surface area contributed by atoms with E-state index in [-0.39, 0.29) is 5.56 Å². The van der Waals surface area contributed by atoms with Crippen LogP contribution in [0.25, 0.3) is 12.2 Å². The minimum Gasteiger partial charge on any atom is -0.422 e. The van der Waals surface area contributed by atoms with Gasteiger partial charge in [0.05, 0.1) is 0 Å². The van der Waals surface area contributed by atoms with Crippen LogP contribution in [-0.4, -0.2) is 6.29 Å². The molecule has 1 rings (SSSR count). The molecule has 0 bridgehead atoms. The first-order valence-corrected chi connectivity index (χ1v) is 4.61. The summed E-state index contributed by atoms with van der Waals surface area (Å²) in [5.74, 6) is 0.325. The third-order valence-corrected chi connectivity index (χ3v) is 1.57. The highest BCUT2D eigenvalue weighted by molar-refractivity contribution is 5.76. The van der Waals surface area contributed by atoms with Crippen molar-refractivity contribution in [3.8, 4) is 0 Å². The summed E-state index contributed by atoms with van der Waals surface area (Å²) in [7, 11) is 0. The number of hydrogen-bond donors (Lipinski definition) is 0. The molecule has 15 heavy (non-hydrogen) atoms. The van der Waals surface area contributed by atoms with Crippen LogP contribution in [0.1, 0.15) is 35.5 Å². The monoisotopic (exact) mass is 206 g/mol. The highest BCUT2D eigenvalue weighted by Crippen LogP contribution is 2.10. The maximum Gasteiger partial charge on any atom is 0.346 e. The molecule has 0 unspecified atom stereocenters. The number of hydrogen-bond acceptors (Lipinski definition) is 3. The highest BCUT2D eigenvalue weighted by atomic mass is 16.4. The molecule has 1 aromatic heterocycles. The Labute approximate surface area is 88.7 Å². The predicted molar refractivity (Wildman–Crippen MR) is 61.9 cm³/mol. The van der Waals surface area contributed by atoms with Gasteiger partial charge in [0.15, 0.2) is 6.29 Å². The van der Waals surface area contributed by atoms with Gasteiger partial charge in [0.2, 0.25) is 0 Å². The topological polar surface area (TPSA) is 47.3 Å². The molecule has 0 aliphatic rings. The normalized spacial score (nSPS) is 8.40. The lowest BCUT2D eigenvalue weighted by Crippen LogP contribution is -2.07. The van der Waals surface area contributed by atoms with Crippen molar-refractivity contribution >= 4 is 18.4 Å². The average Bonchev–Trinajstić information content (AvgIpc) is 2.31. The van der Waals surface area contributed by atoms with Crippen LogP contribution in [0.2, 0.25) is 0 Å². The molecule has 1 aromatic rings. The van der Waals surface area contributed by atoms with E-state index in [2.05, 4.69) is 13.2 Å². The van der Waals surface area contributed by atoms with Crippen LogP contribution in [0.15, 0.2) is 28.4 Å². The lowest BCUT2D eigenvalue weighted by molar-refractivity contribution is 0.111. The van der Waals surface area contributed by atoms with Gasteiger partial charge in [0, 0.05) is 5.56 Å². The Morgan fingerprint density at radius 2 is 1.80 bits per heavy atom. The van der Waals surface area contributed by atoms with Crippen molar-refractivity contribution in [3.05, 3.63) is 46.5 Å². The molecular weight excluding hydrogens is 192 g/mol. The minimum atomic E-state index is -0.657. The Hall–Kier alpha value is -1.90. The van der Waals surface area contributed by atoms with Gasteiger partial charge in [-0.1, -0.05) is 33.1 Å². The second-order valence-corrected chi connectivity index (χ2v) is 2.33. The van der Waals surface area contributed by atoms with Crippen molar-refractivity contribution in [1.29, 1.82) is 0 Å². The smallest absolute Gasteiger partial charge is 0.346 e. The van der Waals surface area contributed by atoms with E-state index in [9.17, 15) is 9.59 Å². The number of aldehydes is 1. The fraction of sp³-hybridized carbons (Fsp3) is 0.167. The Bertz CT molecular complexity index is 413. The van der Waals surface area contributed by atoms with Crippen LogP contribution in [0, 0.1) is 0 Å². The van der Waals surface area contributed by atoms with Crippen molar-refractivity contribution in [2.45, 2.75) is 13.8 Å². The van der Waals surface area contributed by atoms with Gasteiger partial charge in [-0.25, -0.2) is 4.79 Å². The molecule has 0 amide bonds. The van der Waals surface area contributed by atoms with Gasteiger partial charge in [-0.2, -0.15) is 0 Å². The van der Waals surface area contributed by atoms with Crippen LogP contribution >= 0.6 is 0 Å². The summed E-state index contributed by atoms with van der Waals surface area (Å²) in [6.45, 7) is 11.0. The Kier molecular flexibility index (Phi) is 5.71. The van der Waals surface area contributed by atoms with Gasteiger partial charge in [0.25, 0.3) is 0 Å². The van der Waals surface area contributed by atoms with E-state index in [0.717, 1.165) is 0 Å². The van der Waals surface area contributed by atoms with E-state index >= 15 is 0 Å². The molecule has 0 aromatic carbocycles. The van der Waals surface area contributed by atoms with E-state index in [0.29, 0.717) is 17.6 Å². The highest BCUT2D eigenvalue weighted by Gasteiger charge is 2.05. The first kappa shape index (κ1) is 13.1. The zero-order chi connectivity index (χ0) is 11.8. The summed E-state index contributed by atoms with van der Waals surface area (Å²) < 4.78 is 4.79. The largest absolute Gasteiger partial charge is 0.422 e. The van der Waals surface area contributed by atoms with Crippen molar-refractivity contribution in [1.82, 2.24) is 0 Å². The quantitative estimate of drug-likeness (QED) is 0.714. The molecule has 80 valence electrons. The lowest BCUT2D eigenvalue weighted by atomic mass is 10.1. The SMILES string of the molecule is C=Cc1cc(C=O)c(=O)oc1C=C.CC. The zero-order valence-electron chi connectivity index (χ0n) is 8.95. The second kappa shape index (κ2) is 6.54. The lowest BCUT2D eigenvalue weighted by Gasteiger charge is -1.98. The third-order valence-electron chi connectivity index (χ3n) is 1.57. The molecule has 0 fully saturated rings. The van der Waals surface area contributed by atoms with Gasteiger partial charge in [-0.05, 0) is 12.1 Å². The molecule has 3 nitrogen and oxygen atoms in total. The average molecular weight is 206 g/mol. The van der Waals surface area contributed by atoms with Crippen LogP contribution < -0.4 is 5.63 Å². The Morgan fingerprint density at radius 3 is 2.20 bits per heavy atom. The summed E-state index contributed by atoms with van der Waals surface area (Å²) in [5, 5.41) is 0. The third kappa shape index (κ3) is 3.06. The maximum absolute atomic E-state index is 11.0. The minimum absolute atomic E-state index is 0.0134. The first-order valence-electron chi connectivity index (χ1n) is 4.61. The maximum atomic E-state index is 11.0. The van der Waals surface area contributed by atoms with Crippen molar-refractivity contribution in [2.24, 2.45) is 0 Å². The van der Waals surface area contributed by atoms with Gasteiger partial charge in [-0.15, -0.1) is 0 Å². The fourth-order valence-corrected chi connectivity index (χ4v) is 0.916. The molecule has 0 aliphatic heterocycles. The van der Waals surface area contributed by atoms with Gasteiger partial charge >= 0.3 is 5.63 Å². The Balaban J connectivity index is 0.000000921. The predicted octanol–water partition coefficient (Wildman–Crippen LogP) is 2.76. The van der Waals surface area contributed by atoms with Gasteiger partial charge < -0.3 is 4.42 Å². The van der Waals surface area contributed by atoms with Crippen LogP contribution in [0.3, 0.4) is 0 Å². The Morgan fingerprint density at radius 1 is 1.20 bits per heavy atom. The van der Waals surface area contributed by atoms with E-state index < -0.39 is 5.63 Å². The summed E-state index contributed by atoms with van der Waals surface area (Å²) in [4.78, 5) is 21.4. The summed E-state index contributed by atoms with van der Waals surface area (Å²) in [5.41, 5.74) is -0.0901. The van der Waals surface area contributed by atoms with Crippen LogP contribution in [-0.2, 0) is 0 Å². The molecule has 0 atom stereocenters. The van der Waals surface area contributed by atoms with Crippen molar-refractivity contribution in [2.75, 3.05) is 0 Å². The van der Waals surface area contributed by atoms with Gasteiger partial charge in [-0.3, -0.25) is 4.79 Å². The molecule has 0 aliphatic carbocycles. The summed E-state index contributed by atoms with van der Waals surface area (Å²) in [6, 6.07) is 1.42. The van der Waals surface area contributed by atoms with E-state index in [1.165, 1.54) is 18.2 Å². The summed E-state index contributed by atoms with van der Waals surface area (Å²) >= 11 is 0. The standard InChI is InChI=1S/C10H8O3.C2H6/c1-3-7-5-8(6-11)10(12)13-9(7)4-2;1-2/h3-6H,1-2H2;1-2H3. The fourth-order valence-electron chi connectivity index (χ4n) is 0.916. The number of rotatable bonds is 3. The molecular formula is C12H14O3. The van der Waals surface area contributed by atoms with Crippen molar-refractivity contribution in [3.63, 3.8) is 0 Å². The van der Waals surface area contributed by atoms with E-state index in [1.54, 1.807) is 0 Å². The molecule has 0 spiro atoms. The first-order chi connectivity index (χ1) is 7.22. The van der Waals surface area contributed by atoms with Gasteiger partial charge in [0.1, 0.15) is 11.3 Å². The van der Waals surface area contributed by atoms with Crippen molar-refractivity contribution < 1.29 is 9.21 Å². The van der Waals surface area contributed by atoms with Crippen LogP contribution in [0.5, 0.6) is 0 Å². The molecule has 0 saturated heterocycles. The zero-order valence-corrected chi connectivity index (χ0v) is 8.95. The van der Waals surface area contributed by atoms with E-state index in [1.807, 2.05) is 13.8 Å². The molecule has 3 heteroatoms. The molecule has 0 saturated carbocycles. The summed E-state index contributed by atoms with van der Waals surface area (Å²) in [6.07, 6.45) is 3.34.